The molecule has 2 N–H and O–H groups in total. The van der Waals surface area contributed by atoms with Gasteiger partial charge in [0.15, 0.2) is 5.82 Å². The summed E-state index contributed by atoms with van der Waals surface area (Å²) >= 11 is 0. The van der Waals surface area contributed by atoms with Gasteiger partial charge in [0.2, 0.25) is 0 Å². The van der Waals surface area contributed by atoms with Gasteiger partial charge in [0.05, 0.1) is 6.20 Å². The minimum absolute atomic E-state index is 0.0338. The molecule has 2 amide bonds. The van der Waals surface area contributed by atoms with Gasteiger partial charge in [-0.15, -0.1) is 0 Å². The van der Waals surface area contributed by atoms with Crippen LogP contribution in [0.1, 0.15) is 11.1 Å². The van der Waals surface area contributed by atoms with Gasteiger partial charge in [-0.2, -0.15) is 9.78 Å². The van der Waals surface area contributed by atoms with E-state index in [1.165, 1.54) is 12.1 Å². The number of halogens is 1. The van der Waals surface area contributed by atoms with Gasteiger partial charge in [0.1, 0.15) is 24.1 Å². The van der Waals surface area contributed by atoms with E-state index in [1.807, 2.05) is 30.3 Å². The normalized spacial score (nSPS) is 15.8. The zero-order valence-electron chi connectivity index (χ0n) is 14.8. The minimum Gasteiger partial charge on any atom is -0.489 e. The molecule has 1 aromatic heterocycles. The average Bonchev–Trinajstić information content (AvgIpc) is 3.10. The number of anilines is 1. The van der Waals surface area contributed by atoms with Gasteiger partial charge in [-0.25, -0.2) is 9.18 Å². The van der Waals surface area contributed by atoms with Crippen molar-refractivity contribution in [1.82, 2.24) is 15.1 Å². The Morgan fingerprint density at radius 3 is 2.86 bits per heavy atom. The van der Waals surface area contributed by atoms with Gasteiger partial charge in [-0.3, -0.25) is 4.79 Å². The van der Waals surface area contributed by atoms with Crippen LogP contribution in [0.5, 0.6) is 5.75 Å². The third kappa shape index (κ3) is 3.71. The van der Waals surface area contributed by atoms with Crippen LogP contribution in [-0.2, 0) is 11.2 Å². The van der Waals surface area contributed by atoms with Crippen LogP contribution in [0, 0.1) is 5.82 Å². The highest BCUT2D eigenvalue weighted by Gasteiger charge is 2.28. The Labute approximate surface area is 160 Å². The first-order valence-electron chi connectivity index (χ1n) is 8.70. The van der Waals surface area contributed by atoms with Crippen LogP contribution in [0.2, 0.25) is 0 Å². The Morgan fingerprint density at radius 2 is 2.04 bits per heavy atom. The monoisotopic (exact) mass is 380 g/mol. The largest absolute Gasteiger partial charge is 0.489 e. The molecule has 0 unspecified atom stereocenters. The van der Waals surface area contributed by atoms with Crippen molar-refractivity contribution in [2.75, 3.05) is 11.9 Å². The number of hydrogen-bond donors (Lipinski definition) is 2. The van der Waals surface area contributed by atoms with Crippen LogP contribution in [0.15, 0.2) is 60.9 Å². The summed E-state index contributed by atoms with van der Waals surface area (Å²) in [6.07, 6.45) is 3.84. The number of nitrogens with zero attached hydrogens (tertiary/aromatic N) is 2. The number of amides is 2. The first-order valence-corrected chi connectivity index (χ1v) is 8.70. The van der Waals surface area contributed by atoms with Crippen molar-refractivity contribution in [1.29, 1.82) is 0 Å². The predicted molar refractivity (Wildman–Crippen MR) is 99.7 cm³/mol. The zero-order chi connectivity index (χ0) is 19.5. The van der Waals surface area contributed by atoms with Crippen molar-refractivity contribution in [2.24, 2.45) is 0 Å². The second kappa shape index (κ2) is 7.51. The molecular weight excluding hydrogens is 363 g/mol. The molecule has 8 heteroatoms. The molecule has 1 atom stereocenters. The molecular formula is C20H17FN4O3. The third-order valence-electron chi connectivity index (χ3n) is 4.34. The van der Waals surface area contributed by atoms with E-state index in [9.17, 15) is 14.0 Å². The van der Waals surface area contributed by atoms with Crippen molar-refractivity contribution >= 4 is 17.6 Å². The molecule has 0 fully saturated rings. The fourth-order valence-electron chi connectivity index (χ4n) is 2.92. The van der Waals surface area contributed by atoms with E-state index in [0.717, 1.165) is 15.8 Å². The van der Waals surface area contributed by atoms with Gasteiger partial charge >= 0.3 is 6.03 Å². The highest BCUT2D eigenvalue weighted by atomic mass is 19.1. The molecule has 0 radical (unpaired) electrons. The third-order valence-corrected chi connectivity index (χ3v) is 4.34. The van der Waals surface area contributed by atoms with Crippen molar-refractivity contribution < 1.29 is 18.7 Å². The van der Waals surface area contributed by atoms with E-state index in [-0.39, 0.29) is 18.0 Å². The maximum atomic E-state index is 13.9. The first-order chi connectivity index (χ1) is 13.6. The van der Waals surface area contributed by atoms with Crippen LogP contribution in [-0.4, -0.2) is 34.4 Å². The Hall–Kier alpha value is -3.68. The second-order valence-corrected chi connectivity index (χ2v) is 6.37. The summed E-state index contributed by atoms with van der Waals surface area (Å²) in [5, 5.41) is 9.06. The van der Waals surface area contributed by atoms with Gasteiger partial charge < -0.3 is 15.4 Å². The lowest BCUT2D eigenvalue weighted by Gasteiger charge is -2.14. The standard InChI is InChI=1S/C20H17FN4O3/c21-15-7-4-8-17-18(15)24-19(26)16(12-28-17)23-20(27)25-11-14(10-22-25)9-13-5-2-1-3-6-13/h1-8,10-11,16H,9,12H2,(H,23,27)(H,24,26)/t16-/m0/s1. The quantitative estimate of drug-likeness (QED) is 0.731. The zero-order valence-corrected chi connectivity index (χ0v) is 14.8. The average molecular weight is 380 g/mol. The van der Waals surface area contributed by atoms with Gasteiger partial charge in [0, 0.05) is 12.6 Å². The SMILES string of the molecule is O=C1Nc2c(F)cccc2OC[C@@H]1NC(=O)n1cc(Cc2ccccc2)cn1. The number of nitrogens with one attached hydrogen (secondary N) is 2. The smallest absolute Gasteiger partial charge is 0.342 e. The van der Waals surface area contributed by atoms with Crippen LogP contribution in [0.4, 0.5) is 14.9 Å². The molecule has 2 aromatic carbocycles. The summed E-state index contributed by atoms with van der Waals surface area (Å²) < 4.78 is 20.5. The Morgan fingerprint density at radius 1 is 1.21 bits per heavy atom. The lowest BCUT2D eigenvalue weighted by molar-refractivity contribution is -0.118. The van der Waals surface area contributed by atoms with Crippen LogP contribution in [0.3, 0.4) is 0 Å². The summed E-state index contributed by atoms with van der Waals surface area (Å²) in [4.78, 5) is 24.8. The molecule has 7 nitrogen and oxygen atoms in total. The van der Waals surface area contributed by atoms with E-state index in [4.69, 9.17) is 4.74 Å². The van der Waals surface area contributed by atoms with Crippen LogP contribution < -0.4 is 15.4 Å². The second-order valence-electron chi connectivity index (χ2n) is 6.37. The molecule has 0 saturated heterocycles. The number of benzene rings is 2. The van der Waals surface area contributed by atoms with E-state index in [1.54, 1.807) is 18.5 Å². The van der Waals surface area contributed by atoms with Gasteiger partial charge in [0.25, 0.3) is 5.91 Å². The van der Waals surface area contributed by atoms with Crippen molar-refractivity contribution in [2.45, 2.75) is 12.5 Å². The van der Waals surface area contributed by atoms with Crippen LogP contribution >= 0.6 is 0 Å². The molecule has 1 aliphatic rings. The fraction of sp³-hybridized carbons (Fsp3) is 0.150. The van der Waals surface area contributed by atoms with Crippen molar-refractivity contribution in [3.63, 3.8) is 0 Å². The number of fused-ring (bicyclic) bond motifs is 1. The Kier molecular flexibility index (Phi) is 4.76. The molecule has 0 aliphatic carbocycles. The van der Waals surface area contributed by atoms with E-state index < -0.39 is 23.8 Å². The minimum atomic E-state index is -0.985. The molecule has 3 aromatic rings. The molecule has 0 spiro atoms. The molecule has 0 saturated carbocycles. The summed E-state index contributed by atoms with van der Waals surface area (Å²) in [5.41, 5.74) is 1.92. The van der Waals surface area contributed by atoms with E-state index >= 15 is 0 Å². The summed E-state index contributed by atoms with van der Waals surface area (Å²) in [7, 11) is 0. The number of aromatic nitrogens is 2. The topological polar surface area (TPSA) is 85.3 Å². The Bertz CT molecular complexity index is 1020. The van der Waals surface area contributed by atoms with Crippen molar-refractivity contribution in [3.8, 4) is 5.75 Å². The highest BCUT2D eigenvalue weighted by molar-refractivity contribution is 5.99. The number of carbonyl (C=O) groups is 2. The van der Waals surface area contributed by atoms with Crippen LogP contribution in [0.25, 0.3) is 0 Å². The molecule has 4 rings (SSSR count). The summed E-state index contributed by atoms with van der Waals surface area (Å²) in [6, 6.07) is 12.5. The van der Waals surface area contributed by atoms with Gasteiger partial charge in [-0.1, -0.05) is 36.4 Å². The van der Waals surface area contributed by atoms with E-state index in [0.29, 0.717) is 6.42 Å². The number of rotatable bonds is 3. The summed E-state index contributed by atoms with van der Waals surface area (Å²) in [5.74, 6) is -0.946. The lowest BCUT2D eigenvalue weighted by atomic mass is 10.1. The summed E-state index contributed by atoms with van der Waals surface area (Å²) in [6.45, 7) is -0.119. The molecule has 0 bridgehead atoms. The maximum absolute atomic E-state index is 13.9. The number of ether oxygens (including phenoxy) is 1. The molecule has 2 heterocycles. The highest BCUT2D eigenvalue weighted by Crippen LogP contribution is 2.29. The number of para-hydroxylation sites is 1. The first kappa shape index (κ1) is 17.7. The lowest BCUT2D eigenvalue weighted by Crippen LogP contribution is -2.48. The predicted octanol–water partition coefficient (Wildman–Crippen LogP) is 2.57. The maximum Gasteiger partial charge on any atom is 0.342 e. The number of carbonyl (C=O) groups excluding carboxylic acids is 2. The molecule has 1 aliphatic heterocycles. The fourth-order valence-corrected chi connectivity index (χ4v) is 2.92. The van der Waals surface area contributed by atoms with Gasteiger partial charge in [-0.05, 0) is 23.3 Å². The Balaban J connectivity index is 1.43. The van der Waals surface area contributed by atoms with Crippen molar-refractivity contribution in [3.05, 3.63) is 77.9 Å². The van der Waals surface area contributed by atoms with E-state index in [2.05, 4.69) is 15.7 Å². The molecule has 28 heavy (non-hydrogen) atoms. The molecule has 142 valence electrons. The number of hydrogen-bond acceptors (Lipinski definition) is 4.